The van der Waals surface area contributed by atoms with Gasteiger partial charge in [-0.2, -0.15) is 0 Å². The summed E-state index contributed by atoms with van der Waals surface area (Å²) < 4.78 is 0. The maximum Gasteiger partial charge on any atom is 0.234 e. The van der Waals surface area contributed by atoms with E-state index >= 15 is 0 Å². The third-order valence-corrected chi connectivity index (χ3v) is 2.91. The molecule has 3 N–H and O–H groups in total. The first-order chi connectivity index (χ1) is 7.13. The van der Waals surface area contributed by atoms with Crippen LogP contribution in [0.1, 0.15) is 33.1 Å². The minimum atomic E-state index is 0.0362. The zero-order valence-corrected chi connectivity index (χ0v) is 9.62. The molecule has 0 spiro atoms. The summed E-state index contributed by atoms with van der Waals surface area (Å²) in [6.45, 7) is 4.58. The third-order valence-electron chi connectivity index (χ3n) is 2.91. The van der Waals surface area contributed by atoms with E-state index in [-0.39, 0.29) is 24.5 Å². The lowest BCUT2D eigenvalue weighted by atomic mass is 10.1. The van der Waals surface area contributed by atoms with Gasteiger partial charge in [-0.3, -0.25) is 4.79 Å². The molecule has 0 radical (unpaired) electrons. The monoisotopic (exact) mass is 214 g/mol. The number of hydrogen-bond donors (Lipinski definition) is 3. The summed E-state index contributed by atoms with van der Waals surface area (Å²) in [7, 11) is 0. The van der Waals surface area contributed by atoms with Crippen molar-refractivity contribution in [1.82, 2.24) is 10.6 Å². The van der Waals surface area contributed by atoms with Crippen molar-refractivity contribution in [2.24, 2.45) is 5.92 Å². The molecule has 4 heteroatoms. The van der Waals surface area contributed by atoms with Crippen molar-refractivity contribution in [2.75, 3.05) is 13.2 Å². The van der Waals surface area contributed by atoms with E-state index in [0.717, 1.165) is 19.3 Å². The smallest absolute Gasteiger partial charge is 0.234 e. The molecule has 1 aliphatic rings. The van der Waals surface area contributed by atoms with Crippen LogP contribution in [0, 0.1) is 5.92 Å². The molecule has 88 valence electrons. The molecule has 0 aliphatic heterocycles. The normalized spacial score (nSPS) is 25.9. The van der Waals surface area contributed by atoms with Gasteiger partial charge < -0.3 is 15.7 Å². The first-order valence-electron chi connectivity index (χ1n) is 5.77. The van der Waals surface area contributed by atoms with Gasteiger partial charge in [0.15, 0.2) is 0 Å². The summed E-state index contributed by atoms with van der Waals surface area (Å²) in [6.07, 6.45) is 3.13. The number of carbonyl (C=O) groups is 1. The summed E-state index contributed by atoms with van der Waals surface area (Å²) in [4.78, 5) is 11.5. The van der Waals surface area contributed by atoms with Crippen LogP contribution in [0.3, 0.4) is 0 Å². The van der Waals surface area contributed by atoms with E-state index in [9.17, 15) is 4.79 Å². The van der Waals surface area contributed by atoms with E-state index in [4.69, 9.17) is 5.11 Å². The van der Waals surface area contributed by atoms with Crippen LogP contribution >= 0.6 is 0 Å². The van der Waals surface area contributed by atoms with E-state index in [1.54, 1.807) is 0 Å². The van der Waals surface area contributed by atoms with Gasteiger partial charge in [-0.1, -0.05) is 20.3 Å². The highest BCUT2D eigenvalue weighted by Gasteiger charge is 2.27. The molecule has 4 nitrogen and oxygen atoms in total. The van der Waals surface area contributed by atoms with Crippen molar-refractivity contribution in [3.8, 4) is 0 Å². The first kappa shape index (κ1) is 12.5. The Hall–Kier alpha value is -0.610. The summed E-state index contributed by atoms with van der Waals surface area (Å²) in [5, 5.41) is 15.2. The Labute approximate surface area is 91.4 Å². The average molecular weight is 214 g/mol. The SMILES string of the molecule is CC(C)NCC(=O)NC1CCCC1CO. The van der Waals surface area contributed by atoms with E-state index in [1.807, 2.05) is 13.8 Å². The second-order valence-corrected chi connectivity index (χ2v) is 4.58. The van der Waals surface area contributed by atoms with Crippen LogP contribution in [0.2, 0.25) is 0 Å². The molecule has 1 fully saturated rings. The van der Waals surface area contributed by atoms with Crippen LogP contribution in [-0.2, 0) is 4.79 Å². The molecule has 0 aromatic rings. The molecule has 1 rings (SSSR count). The Bertz CT molecular complexity index is 207. The molecule has 2 atom stereocenters. The second kappa shape index (κ2) is 6.08. The predicted octanol–water partition coefficient (Wildman–Crippen LogP) is 0.262. The zero-order chi connectivity index (χ0) is 11.3. The number of amides is 1. The number of hydrogen-bond acceptors (Lipinski definition) is 3. The lowest BCUT2D eigenvalue weighted by Crippen LogP contribution is -2.44. The Morgan fingerprint density at radius 1 is 1.47 bits per heavy atom. The lowest BCUT2D eigenvalue weighted by Gasteiger charge is -2.19. The number of nitrogens with one attached hydrogen (secondary N) is 2. The minimum Gasteiger partial charge on any atom is -0.396 e. The van der Waals surface area contributed by atoms with Crippen LogP contribution in [0.15, 0.2) is 0 Å². The van der Waals surface area contributed by atoms with Crippen molar-refractivity contribution >= 4 is 5.91 Å². The molecule has 0 bridgehead atoms. The van der Waals surface area contributed by atoms with Gasteiger partial charge in [0.2, 0.25) is 5.91 Å². The van der Waals surface area contributed by atoms with Crippen molar-refractivity contribution in [3.05, 3.63) is 0 Å². The van der Waals surface area contributed by atoms with E-state index in [1.165, 1.54) is 0 Å². The molecule has 1 amide bonds. The molecule has 2 unspecified atom stereocenters. The second-order valence-electron chi connectivity index (χ2n) is 4.58. The number of aliphatic hydroxyl groups is 1. The molecular weight excluding hydrogens is 192 g/mol. The third kappa shape index (κ3) is 4.18. The highest BCUT2D eigenvalue weighted by Crippen LogP contribution is 2.24. The standard InChI is InChI=1S/C11H22N2O2/c1-8(2)12-6-11(15)13-10-5-3-4-9(10)7-14/h8-10,12,14H,3-7H2,1-2H3,(H,13,15). The van der Waals surface area contributed by atoms with Gasteiger partial charge in [0, 0.05) is 24.6 Å². The van der Waals surface area contributed by atoms with Crippen molar-refractivity contribution in [2.45, 2.75) is 45.2 Å². The van der Waals surface area contributed by atoms with Gasteiger partial charge >= 0.3 is 0 Å². The Morgan fingerprint density at radius 3 is 2.80 bits per heavy atom. The molecule has 1 saturated carbocycles. The summed E-state index contributed by atoms with van der Waals surface area (Å²) >= 11 is 0. The van der Waals surface area contributed by atoms with Gasteiger partial charge in [-0.15, -0.1) is 0 Å². The molecule has 0 heterocycles. The number of carbonyl (C=O) groups excluding carboxylic acids is 1. The van der Waals surface area contributed by atoms with Crippen LogP contribution in [-0.4, -0.2) is 36.2 Å². The first-order valence-corrected chi connectivity index (χ1v) is 5.77. The van der Waals surface area contributed by atoms with Gasteiger partial charge in [0.05, 0.1) is 6.54 Å². The van der Waals surface area contributed by atoms with E-state index in [0.29, 0.717) is 12.6 Å². The summed E-state index contributed by atoms with van der Waals surface area (Å²) in [5.74, 6) is 0.294. The summed E-state index contributed by atoms with van der Waals surface area (Å²) in [5.41, 5.74) is 0. The fourth-order valence-electron chi connectivity index (χ4n) is 2.00. The Balaban J connectivity index is 2.24. The fraction of sp³-hybridized carbons (Fsp3) is 0.909. The van der Waals surface area contributed by atoms with Gasteiger partial charge in [-0.05, 0) is 12.8 Å². The molecule has 1 aliphatic carbocycles. The fourth-order valence-corrected chi connectivity index (χ4v) is 2.00. The van der Waals surface area contributed by atoms with Gasteiger partial charge in [0.1, 0.15) is 0 Å². The Morgan fingerprint density at radius 2 is 2.20 bits per heavy atom. The molecular formula is C11H22N2O2. The average Bonchev–Trinajstić information content (AvgIpc) is 2.62. The largest absolute Gasteiger partial charge is 0.396 e. The quantitative estimate of drug-likeness (QED) is 0.615. The zero-order valence-electron chi connectivity index (χ0n) is 9.62. The van der Waals surface area contributed by atoms with E-state index < -0.39 is 0 Å². The highest BCUT2D eigenvalue weighted by atomic mass is 16.3. The lowest BCUT2D eigenvalue weighted by molar-refractivity contribution is -0.121. The van der Waals surface area contributed by atoms with Crippen molar-refractivity contribution in [1.29, 1.82) is 0 Å². The van der Waals surface area contributed by atoms with Crippen molar-refractivity contribution < 1.29 is 9.90 Å². The van der Waals surface area contributed by atoms with Crippen LogP contribution in [0.4, 0.5) is 0 Å². The van der Waals surface area contributed by atoms with Gasteiger partial charge in [0.25, 0.3) is 0 Å². The summed E-state index contributed by atoms with van der Waals surface area (Å²) in [6, 6.07) is 0.504. The van der Waals surface area contributed by atoms with Crippen LogP contribution < -0.4 is 10.6 Å². The molecule has 0 saturated heterocycles. The van der Waals surface area contributed by atoms with Crippen LogP contribution in [0.5, 0.6) is 0 Å². The molecule has 15 heavy (non-hydrogen) atoms. The molecule has 0 aromatic carbocycles. The highest BCUT2D eigenvalue weighted by molar-refractivity contribution is 5.78. The van der Waals surface area contributed by atoms with E-state index in [2.05, 4.69) is 10.6 Å². The predicted molar refractivity (Wildman–Crippen MR) is 59.5 cm³/mol. The maximum atomic E-state index is 11.5. The number of aliphatic hydroxyl groups excluding tert-OH is 1. The minimum absolute atomic E-state index is 0.0362. The maximum absolute atomic E-state index is 11.5. The number of rotatable bonds is 5. The Kier molecular flexibility index (Phi) is 5.05. The topological polar surface area (TPSA) is 61.4 Å². The van der Waals surface area contributed by atoms with Crippen molar-refractivity contribution in [3.63, 3.8) is 0 Å². The van der Waals surface area contributed by atoms with Crippen LogP contribution in [0.25, 0.3) is 0 Å². The molecule has 0 aromatic heterocycles. The van der Waals surface area contributed by atoms with Gasteiger partial charge in [-0.25, -0.2) is 0 Å².